The van der Waals surface area contributed by atoms with E-state index in [9.17, 15) is 18.7 Å². The van der Waals surface area contributed by atoms with Gasteiger partial charge in [-0.15, -0.1) is 0 Å². The van der Waals surface area contributed by atoms with E-state index in [2.05, 4.69) is 10.3 Å². The van der Waals surface area contributed by atoms with Crippen molar-refractivity contribution in [3.05, 3.63) is 58.6 Å². The maximum Gasteiger partial charge on any atom is 0.220 e. The van der Waals surface area contributed by atoms with Crippen LogP contribution in [0.3, 0.4) is 0 Å². The van der Waals surface area contributed by atoms with E-state index in [4.69, 9.17) is 16.7 Å². The van der Waals surface area contributed by atoms with Gasteiger partial charge in [0.2, 0.25) is 5.91 Å². The molecule has 0 aliphatic heterocycles. The molecule has 0 aliphatic carbocycles. The highest BCUT2D eigenvalue weighted by molar-refractivity contribution is 6.31. The minimum atomic E-state index is -1.03. The third kappa shape index (κ3) is 4.49. The third-order valence-corrected chi connectivity index (χ3v) is 4.63. The van der Waals surface area contributed by atoms with Crippen LogP contribution in [0, 0.1) is 11.6 Å². The standard InChI is InChI=1S/C20H19ClF2N2O3/c21-12-7-16-15(5-6-18(28)24-9-14(27)10-26)19(25-20(16)17(23)8-12)11-1-3-13(22)4-2-11/h1-4,7-8,14,25-27H,5-6,9-10H2,(H,24,28)/t14-/m0/s1. The Morgan fingerprint density at radius 3 is 2.61 bits per heavy atom. The number of hydrogen-bond acceptors (Lipinski definition) is 3. The van der Waals surface area contributed by atoms with Crippen LogP contribution in [0.1, 0.15) is 12.0 Å². The second-order valence-corrected chi connectivity index (χ2v) is 6.87. The number of carbonyl (C=O) groups is 1. The fraction of sp³-hybridized carbons (Fsp3) is 0.250. The van der Waals surface area contributed by atoms with E-state index in [-0.39, 0.29) is 35.8 Å². The van der Waals surface area contributed by atoms with Crippen LogP contribution in [0.15, 0.2) is 36.4 Å². The molecule has 28 heavy (non-hydrogen) atoms. The zero-order chi connectivity index (χ0) is 20.3. The predicted molar refractivity (Wildman–Crippen MR) is 103 cm³/mol. The third-order valence-electron chi connectivity index (χ3n) is 4.41. The van der Waals surface area contributed by atoms with E-state index in [1.54, 1.807) is 18.2 Å². The minimum absolute atomic E-state index is 0.0610. The zero-order valence-electron chi connectivity index (χ0n) is 14.8. The average molecular weight is 409 g/mol. The van der Waals surface area contributed by atoms with Crippen LogP contribution in [0.5, 0.6) is 0 Å². The van der Waals surface area contributed by atoms with Gasteiger partial charge >= 0.3 is 0 Å². The van der Waals surface area contributed by atoms with E-state index < -0.39 is 24.3 Å². The van der Waals surface area contributed by atoms with Gasteiger partial charge in [-0.3, -0.25) is 4.79 Å². The molecule has 0 radical (unpaired) electrons. The summed E-state index contributed by atoms with van der Waals surface area (Å²) in [5, 5.41) is 21.4. The molecule has 0 unspecified atom stereocenters. The van der Waals surface area contributed by atoms with Gasteiger partial charge in [-0.2, -0.15) is 0 Å². The van der Waals surface area contributed by atoms with Gasteiger partial charge in [-0.25, -0.2) is 8.78 Å². The molecule has 1 heterocycles. The van der Waals surface area contributed by atoms with Crippen molar-refractivity contribution >= 4 is 28.4 Å². The Morgan fingerprint density at radius 1 is 1.21 bits per heavy atom. The second-order valence-electron chi connectivity index (χ2n) is 6.44. The lowest BCUT2D eigenvalue weighted by Crippen LogP contribution is -2.33. The molecule has 8 heteroatoms. The lowest BCUT2D eigenvalue weighted by molar-refractivity contribution is -0.121. The molecule has 3 rings (SSSR count). The normalized spacial score (nSPS) is 12.3. The molecule has 3 aromatic rings. The van der Waals surface area contributed by atoms with Crippen LogP contribution in [0.2, 0.25) is 5.02 Å². The van der Waals surface area contributed by atoms with Crippen molar-refractivity contribution in [2.24, 2.45) is 0 Å². The number of aromatic amines is 1. The molecule has 1 atom stereocenters. The number of rotatable bonds is 7. The van der Waals surface area contributed by atoms with Crippen molar-refractivity contribution in [1.82, 2.24) is 10.3 Å². The quantitative estimate of drug-likeness (QED) is 0.484. The number of aliphatic hydroxyl groups is 2. The molecule has 0 spiro atoms. The van der Waals surface area contributed by atoms with Gasteiger partial charge < -0.3 is 20.5 Å². The lowest BCUT2D eigenvalue weighted by atomic mass is 10.0. The topological polar surface area (TPSA) is 85.4 Å². The summed E-state index contributed by atoms with van der Waals surface area (Å²) < 4.78 is 27.6. The van der Waals surface area contributed by atoms with Crippen LogP contribution in [0.25, 0.3) is 22.2 Å². The van der Waals surface area contributed by atoms with Gasteiger partial charge in [0.15, 0.2) is 0 Å². The van der Waals surface area contributed by atoms with Crippen LogP contribution >= 0.6 is 11.6 Å². The Bertz CT molecular complexity index is 989. The molecule has 0 aliphatic rings. The Morgan fingerprint density at radius 2 is 1.93 bits per heavy atom. The van der Waals surface area contributed by atoms with Crippen molar-refractivity contribution in [2.45, 2.75) is 18.9 Å². The zero-order valence-corrected chi connectivity index (χ0v) is 15.6. The van der Waals surface area contributed by atoms with E-state index in [0.717, 1.165) is 0 Å². The van der Waals surface area contributed by atoms with Gasteiger partial charge in [0.1, 0.15) is 11.6 Å². The molecule has 4 N–H and O–H groups in total. The Hall–Kier alpha value is -2.48. The molecule has 0 saturated heterocycles. The van der Waals surface area contributed by atoms with Gasteiger partial charge in [-0.1, -0.05) is 11.6 Å². The number of aliphatic hydroxyl groups excluding tert-OH is 2. The molecule has 148 valence electrons. The first-order valence-corrected chi connectivity index (χ1v) is 9.08. The number of halogens is 3. The number of nitrogens with one attached hydrogen (secondary N) is 2. The highest BCUT2D eigenvalue weighted by atomic mass is 35.5. The molecule has 1 amide bonds. The summed E-state index contributed by atoms with van der Waals surface area (Å²) in [6.07, 6.45) is -0.680. The number of H-pyrrole nitrogens is 1. The summed E-state index contributed by atoms with van der Waals surface area (Å²) in [7, 11) is 0. The SMILES string of the molecule is O=C(CCc1c(-c2ccc(F)cc2)[nH]c2c(F)cc(Cl)cc12)NC[C@H](O)CO. The maximum absolute atomic E-state index is 14.4. The highest BCUT2D eigenvalue weighted by Crippen LogP contribution is 2.34. The van der Waals surface area contributed by atoms with Crippen LogP contribution in [-0.2, 0) is 11.2 Å². The van der Waals surface area contributed by atoms with Crippen molar-refractivity contribution in [3.8, 4) is 11.3 Å². The van der Waals surface area contributed by atoms with E-state index in [1.807, 2.05) is 0 Å². The van der Waals surface area contributed by atoms with Crippen LogP contribution < -0.4 is 5.32 Å². The summed E-state index contributed by atoms with van der Waals surface area (Å²) in [6.45, 7) is -0.510. The Balaban J connectivity index is 1.93. The number of amides is 1. The molecule has 0 fully saturated rings. The number of hydrogen-bond donors (Lipinski definition) is 4. The monoisotopic (exact) mass is 408 g/mol. The smallest absolute Gasteiger partial charge is 0.220 e. The molecule has 5 nitrogen and oxygen atoms in total. The summed E-state index contributed by atoms with van der Waals surface area (Å²) >= 11 is 6.00. The molecule has 0 bridgehead atoms. The first kappa shape index (κ1) is 20.3. The summed E-state index contributed by atoms with van der Waals surface area (Å²) in [5.74, 6) is -1.24. The van der Waals surface area contributed by atoms with Crippen molar-refractivity contribution in [3.63, 3.8) is 0 Å². The van der Waals surface area contributed by atoms with Crippen LogP contribution in [0.4, 0.5) is 8.78 Å². The largest absolute Gasteiger partial charge is 0.394 e. The molecule has 1 aromatic heterocycles. The van der Waals surface area contributed by atoms with Gasteiger partial charge in [0, 0.05) is 29.1 Å². The summed E-state index contributed by atoms with van der Waals surface area (Å²) in [4.78, 5) is 15.1. The highest BCUT2D eigenvalue weighted by Gasteiger charge is 2.18. The van der Waals surface area contributed by atoms with E-state index in [1.165, 1.54) is 18.2 Å². The fourth-order valence-electron chi connectivity index (χ4n) is 3.02. The number of carbonyl (C=O) groups excluding carboxylic acids is 1. The van der Waals surface area contributed by atoms with Gasteiger partial charge in [0.05, 0.1) is 18.2 Å². The number of aromatic nitrogens is 1. The van der Waals surface area contributed by atoms with Crippen LogP contribution in [-0.4, -0.2) is 40.4 Å². The molecule has 2 aromatic carbocycles. The first-order chi connectivity index (χ1) is 13.4. The second kappa shape index (κ2) is 8.68. The summed E-state index contributed by atoms with van der Waals surface area (Å²) in [6, 6.07) is 8.56. The number of aryl methyl sites for hydroxylation is 1. The first-order valence-electron chi connectivity index (χ1n) is 8.70. The number of fused-ring (bicyclic) bond motifs is 1. The lowest BCUT2D eigenvalue weighted by Gasteiger charge is -2.10. The maximum atomic E-state index is 14.4. The van der Waals surface area contributed by atoms with Crippen molar-refractivity contribution in [2.75, 3.05) is 13.2 Å². The van der Waals surface area contributed by atoms with Crippen molar-refractivity contribution in [1.29, 1.82) is 0 Å². The summed E-state index contributed by atoms with van der Waals surface area (Å²) in [5.41, 5.74) is 2.18. The Kier molecular flexibility index (Phi) is 6.28. The van der Waals surface area contributed by atoms with E-state index >= 15 is 0 Å². The van der Waals surface area contributed by atoms with E-state index in [0.29, 0.717) is 22.2 Å². The molecular formula is C20H19ClF2N2O3. The van der Waals surface area contributed by atoms with Gasteiger partial charge in [0.25, 0.3) is 0 Å². The number of benzene rings is 2. The fourth-order valence-corrected chi connectivity index (χ4v) is 3.22. The minimum Gasteiger partial charge on any atom is -0.394 e. The predicted octanol–water partition coefficient (Wildman–Crippen LogP) is 3.17. The van der Waals surface area contributed by atoms with Crippen molar-refractivity contribution < 1.29 is 23.8 Å². The van der Waals surface area contributed by atoms with Gasteiger partial charge in [-0.05, 0) is 53.9 Å². The average Bonchev–Trinajstić information content (AvgIpc) is 3.03. The Labute approximate surface area is 165 Å². The molecular weight excluding hydrogens is 390 g/mol. The molecule has 0 saturated carbocycles.